The first-order valence-corrected chi connectivity index (χ1v) is 12.4. The zero-order valence-corrected chi connectivity index (χ0v) is 21.2. The number of hydrogen-bond acceptors (Lipinski definition) is 4. The molecule has 1 fully saturated rings. The van der Waals surface area contributed by atoms with Gasteiger partial charge >= 0.3 is 6.09 Å². The molecule has 0 aromatic heterocycles. The maximum absolute atomic E-state index is 12.9. The van der Waals surface area contributed by atoms with Crippen molar-refractivity contribution in [1.82, 2.24) is 4.90 Å². The van der Waals surface area contributed by atoms with Gasteiger partial charge in [0.05, 0.1) is 0 Å². The Kier molecular flexibility index (Phi) is 7.93. The largest absolute Gasteiger partial charge is 0.489 e. The molecular formula is C30H34N2O4. The van der Waals surface area contributed by atoms with Crippen molar-refractivity contribution in [3.8, 4) is 5.75 Å². The lowest BCUT2D eigenvalue weighted by Gasteiger charge is -2.27. The monoisotopic (exact) mass is 486 g/mol. The highest BCUT2D eigenvalue weighted by atomic mass is 16.6. The lowest BCUT2D eigenvalue weighted by Crippen LogP contribution is -2.36. The SMILES string of the molecule is CC(C)(C)OC(=O)N(Cc1ccccc1)Cc1ccc(OCc2cccc(NC(=O)C3CC3)c2)cc1. The summed E-state index contributed by atoms with van der Waals surface area (Å²) in [7, 11) is 0. The molecule has 4 rings (SSSR count). The topological polar surface area (TPSA) is 67.9 Å². The van der Waals surface area contributed by atoms with Gasteiger partial charge in [0.1, 0.15) is 18.0 Å². The first-order chi connectivity index (χ1) is 17.2. The quantitative estimate of drug-likeness (QED) is 0.372. The number of ether oxygens (including phenoxy) is 2. The summed E-state index contributed by atoms with van der Waals surface area (Å²) in [6.07, 6.45) is 1.61. The van der Waals surface area contributed by atoms with Crippen LogP contribution in [0.3, 0.4) is 0 Å². The second-order valence-corrected chi connectivity index (χ2v) is 10.2. The number of benzene rings is 3. The summed E-state index contributed by atoms with van der Waals surface area (Å²) in [5.41, 5.74) is 3.23. The third kappa shape index (κ3) is 7.87. The minimum atomic E-state index is -0.568. The molecule has 1 saturated carbocycles. The molecule has 0 heterocycles. The van der Waals surface area contributed by atoms with E-state index >= 15 is 0 Å². The van der Waals surface area contributed by atoms with E-state index < -0.39 is 5.60 Å². The van der Waals surface area contributed by atoms with Gasteiger partial charge in [0.25, 0.3) is 0 Å². The van der Waals surface area contributed by atoms with Crippen LogP contribution in [-0.4, -0.2) is 22.5 Å². The van der Waals surface area contributed by atoms with Crippen LogP contribution in [0.5, 0.6) is 5.75 Å². The Morgan fingerprint density at radius 2 is 1.50 bits per heavy atom. The minimum Gasteiger partial charge on any atom is -0.489 e. The van der Waals surface area contributed by atoms with Crippen molar-refractivity contribution in [2.24, 2.45) is 5.92 Å². The molecule has 0 unspecified atom stereocenters. The van der Waals surface area contributed by atoms with E-state index in [2.05, 4.69) is 5.32 Å². The van der Waals surface area contributed by atoms with Crippen LogP contribution in [-0.2, 0) is 29.2 Å². The maximum atomic E-state index is 12.9. The lowest BCUT2D eigenvalue weighted by molar-refractivity contribution is -0.117. The molecule has 2 amide bonds. The molecule has 0 atom stereocenters. The average molecular weight is 487 g/mol. The Balaban J connectivity index is 1.36. The van der Waals surface area contributed by atoms with Crippen molar-refractivity contribution < 1.29 is 19.1 Å². The number of rotatable bonds is 9. The third-order valence-electron chi connectivity index (χ3n) is 5.71. The van der Waals surface area contributed by atoms with Crippen molar-refractivity contribution >= 4 is 17.7 Å². The molecule has 1 aliphatic rings. The summed E-state index contributed by atoms with van der Waals surface area (Å²) in [6, 6.07) is 25.4. The summed E-state index contributed by atoms with van der Waals surface area (Å²) in [6.45, 7) is 6.89. The average Bonchev–Trinajstić information content (AvgIpc) is 3.69. The number of hydrogen-bond donors (Lipinski definition) is 1. The molecule has 188 valence electrons. The molecule has 0 radical (unpaired) electrons. The zero-order chi connectivity index (χ0) is 25.5. The number of carbonyl (C=O) groups excluding carboxylic acids is 2. The molecule has 1 aliphatic carbocycles. The Morgan fingerprint density at radius 1 is 0.861 bits per heavy atom. The molecule has 0 aliphatic heterocycles. The second kappa shape index (κ2) is 11.3. The predicted molar refractivity (Wildman–Crippen MR) is 140 cm³/mol. The summed E-state index contributed by atoms with van der Waals surface area (Å²) in [5, 5.41) is 2.97. The van der Waals surface area contributed by atoms with Crippen molar-refractivity contribution in [2.75, 3.05) is 5.32 Å². The molecular weight excluding hydrogens is 452 g/mol. The smallest absolute Gasteiger partial charge is 0.410 e. The van der Waals surface area contributed by atoms with E-state index in [0.717, 1.165) is 41.0 Å². The molecule has 0 bridgehead atoms. The fourth-order valence-corrected chi connectivity index (χ4v) is 3.72. The van der Waals surface area contributed by atoms with E-state index in [1.165, 1.54) is 0 Å². The third-order valence-corrected chi connectivity index (χ3v) is 5.71. The standard InChI is InChI=1S/C30H34N2O4/c1-30(2,3)36-29(34)32(19-22-8-5-4-6-9-22)20-23-12-16-27(17-13-23)35-21-24-10-7-11-26(18-24)31-28(33)25-14-15-25/h4-13,16-18,25H,14-15,19-21H2,1-3H3,(H,31,33). The van der Waals surface area contributed by atoms with Crippen LogP contribution in [0.15, 0.2) is 78.9 Å². The van der Waals surface area contributed by atoms with Gasteiger partial charge in [0.15, 0.2) is 0 Å². The van der Waals surface area contributed by atoms with E-state index in [0.29, 0.717) is 19.7 Å². The van der Waals surface area contributed by atoms with E-state index in [1.807, 2.05) is 99.6 Å². The maximum Gasteiger partial charge on any atom is 0.410 e. The number of amides is 2. The second-order valence-electron chi connectivity index (χ2n) is 10.2. The highest BCUT2D eigenvalue weighted by Gasteiger charge is 2.29. The molecule has 3 aromatic carbocycles. The summed E-state index contributed by atoms with van der Waals surface area (Å²) >= 11 is 0. The molecule has 6 heteroatoms. The normalized spacial score (nSPS) is 13.1. The minimum absolute atomic E-state index is 0.0938. The van der Waals surface area contributed by atoms with E-state index in [1.54, 1.807) is 4.90 Å². The van der Waals surface area contributed by atoms with Crippen LogP contribution in [0.4, 0.5) is 10.5 Å². The van der Waals surface area contributed by atoms with Gasteiger partial charge in [-0.2, -0.15) is 0 Å². The summed E-state index contributed by atoms with van der Waals surface area (Å²) in [4.78, 5) is 26.6. The highest BCUT2D eigenvalue weighted by molar-refractivity contribution is 5.94. The van der Waals surface area contributed by atoms with Crippen LogP contribution in [0.1, 0.15) is 50.3 Å². The van der Waals surface area contributed by atoms with Gasteiger partial charge in [-0.15, -0.1) is 0 Å². The van der Waals surface area contributed by atoms with Crippen LogP contribution in [0, 0.1) is 5.92 Å². The molecule has 36 heavy (non-hydrogen) atoms. The van der Waals surface area contributed by atoms with Gasteiger partial charge in [0.2, 0.25) is 5.91 Å². The number of anilines is 1. The lowest BCUT2D eigenvalue weighted by atomic mass is 10.1. The molecule has 3 aromatic rings. The Labute approximate surface area is 213 Å². The van der Waals surface area contributed by atoms with Gasteiger partial charge < -0.3 is 14.8 Å². The summed E-state index contributed by atoms with van der Waals surface area (Å²) < 4.78 is 11.6. The van der Waals surface area contributed by atoms with Crippen LogP contribution in [0.2, 0.25) is 0 Å². The molecule has 6 nitrogen and oxygen atoms in total. The number of nitrogens with zero attached hydrogens (tertiary/aromatic N) is 1. The van der Waals surface area contributed by atoms with Gasteiger partial charge in [-0.3, -0.25) is 9.69 Å². The van der Waals surface area contributed by atoms with E-state index in [9.17, 15) is 9.59 Å². The van der Waals surface area contributed by atoms with Gasteiger partial charge in [0, 0.05) is 24.7 Å². The predicted octanol–water partition coefficient (Wildman–Crippen LogP) is 6.55. The van der Waals surface area contributed by atoms with Crippen molar-refractivity contribution in [3.63, 3.8) is 0 Å². The Bertz CT molecular complexity index is 1170. The molecule has 1 N–H and O–H groups in total. The van der Waals surface area contributed by atoms with Crippen LogP contribution in [0.25, 0.3) is 0 Å². The molecule has 0 spiro atoms. The van der Waals surface area contributed by atoms with Gasteiger partial charge in [-0.25, -0.2) is 4.79 Å². The van der Waals surface area contributed by atoms with E-state index in [-0.39, 0.29) is 17.9 Å². The van der Waals surface area contributed by atoms with Crippen LogP contribution >= 0.6 is 0 Å². The number of nitrogens with one attached hydrogen (secondary N) is 1. The Hall–Kier alpha value is -3.80. The van der Waals surface area contributed by atoms with Crippen molar-refractivity contribution in [3.05, 3.63) is 95.6 Å². The van der Waals surface area contributed by atoms with Gasteiger partial charge in [-0.1, -0.05) is 54.6 Å². The van der Waals surface area contributed by atoms with Crippen molar-refractivity contribution in [1.29, 1.82) is 0 Å². The van der Waals surface area contributed by atoms with Crippen LogP contribution < -0.4 is 10.1 Å². The fourth-order valence-electron chi connectivity index (χ4n) is 3.72. The zero-order valence-electron chi connectivity index (χ0n) is 21.2. The molecule has 0 saturated heterocycles. The fraction of sp³-hybridized carbons (Fsp3) is 0.333. The van der Waals surface area contributed by atoms with E-state index in [4.69, 9.17) is 9.47 Å². The first-order valence-electron chi connectivity index (χ1n) is 12.4. The van der Waals surface area contributed by atoms with Crippen molar-refractivity contribution in [2.45, 2.75) is 58.9 Å². The first kappa shape index (κ1) is 25.3. The Morgan fingerprint density at radius 3 is 2.14 bits per heavy atom. The highest BCUT2D eigenvalue weighted by Crippen LogP contribution is 2.30. The number of carbonyl (C=O) groups is 2. The summed E-state index contributed by atoms with van der Waals surface area (Å²) in [5.74, 6) is 0.997. The van der Waals surface area contributed by atoms with Gasteiger partial charge in [-0.05, 0) is 74.6 Å².